The third-order valence-corrected chi connectivity index (χ3v) is 2.70. The molecule has 2 aromatic carbocycles. The van der Waals surface area contributed by atoms with Gasteiger partial charge in [-0.15, -0.1) is 0 Å². The van der Waals surface area contributed by atoms with E-state index in [1.807, 2.05) is 30.3 Å². The Hall–Kier alpha value is -2.53. The number of nitrogens with one attached hydrogen (secondary N) is 2. The van der Waals surface area contributed by atoms with Gasteiger partial charge in [-0.1, -0.05) is 18.2 Å². The van der Waals surface area contributed by atoms with Gasteiger partial charge in [-0.3, -0.25) is 0 Å². The second kappa shape index (κ2) is 7.91. The Morgan fingerprint density at radius 3 is 2.14 bits per heavy atom. The first-order valence-electron chi connectivity index (χ1n) is 6.63. The summed E-state index contributed by atoms with van der Waals surface area (Å²) in [4.78, 5) is 11.8. The van der Waals surface area contributed by atoms with Crippen LogP contribution in [0.15, 0.2) is 54.6 Å². The van der Waals surface area contributed by atoms with E-state index in [-0.39, 0.29) is 6.03 Å². The third-order valence-electron chi connectivity index (χ3n) is 2.70. The van der Waals surface area contributed by atoms with E-state index in [0.717, 1.165) is 11.4 Å². The lowest BCUT2D eigenvalue weighted by atomic mass is 10.3. The van der Waals surface area contributed by atoms with Crippen LogP contribution < -0.4 is 15.4 Å². The van der Waals surface area contributed by atoms with Crippen molar-refractivity contribution in [2.45, 2.75) is 0 Å². The number of methoxy groups -OCH3 is 1. The van der Waals surface area contributed by atoms with Crippen LogP contribution in [0.25, 0.3) is 0 Å². The highest BCUT2D eigenvalue weighted by Crippen LogP contribution is 2.16. The molecule has 2 aromatic rings. The lowest BCUT2D eigenvalue weighted by molar-refractivity contribution is 0.146. The summed E-state index contributed by atoms with van der Waals surface area (Å²) in [7, 11) is 1.63. The normalized spacial score (nSPS) is 9.95. The van der Waals surface area contributed by atoms with Gasteiger partial charge in [0.25, 0.3) is 0 Å². The first-order chi connectivity index (χ1) is 10.3. The molecule has 0 aliphatic heterocycles. The fourth-order valence-electron chi connectivity index (χ4n) is 1.69. The molecule has 0 radical (unpaired) electrons. The summed E-state index contributed by atoms with van der Waals surface area (Å²) in [6.45, 7) is 1.04. The Bertz CT molecular complexity index is 555. The predicted molar refractivity (Wildman–Crippen MR) is 82.9 cm³/mol. The maximum Gasteiger partial charge on any atom is 0.323 e. The summed E-state index contributed by atoms with van der Waals surface area (Å²) in [5, 5.41) is 5.50. The Morgan fingerprint density at radius 1 is 0.905 bits per heavy atom. The van der Waals surface area contributed by atoms with Crippen LogP contribution in [-0.4, -0.2) is 26.4 Å². The Balaban J connectivity index is 1.83. The quantitative estimate of drug-likeness (QED) is 0.800. The number of carbonyl (C=O) groups excluding carboxylic acids is 1. The summed E-state index contributed by atoms with van der Waals surface area (Å²) in [6, 6.07) is 16.2. The van der Waals surface area contributed by atoms with E-state index in [4.69, 9.17) is 9.47 Å². The molecular weight excluding hydrogens is 268 g/mol. The lowest BCUT2D eigenvalue weighted by Crippen LogP contribution is -2.19. The largest absolute Gasteiger partial charge is 0.491 e. The van der Waals surface area contributed by atoms with E-state index in [2.05, 4.69) is 10.6 Å². The smallest absolute Gasteiger partial charge is 0.323 e. The van der Waals surface area contributed by atoms with E-state index < -0.39 is 0 Å². The zero-order valence-corrected chi connectivity index (χ0v) is 11.8. The van der Waals surface area contributed by atoms with Crippen LogP contribution in [0.5, 0.6) is 5.75 Å². The predicted octanol–water partition coefficient (Wildman–Crippen LogP) is 3.36. The molecule has 0 spiro atoms. The molecule has 5 heteroatoms. The van der Waals surface area contributed by atoms with Gasteiger partial charge in [0.05, 0.1) is 6.61 Å². The monoisotopic (exact) mass is 286 g/mol. The highest BCUT2D eigenvalue weighted by molar-refractivity contribution is 5.99. The van der Waals surface area contributed by atoms with Crippen LogP contribution in [-0.2, 0) is 4.74 Å². The molecule has 0 saturated carbocycles. The van der Waals surface area contributed by atoms with Crippen LogP contribution in [0.3, 0.4) is 0 Å². The molecule has 2 amide bonds. The molecule has 0 aliphatic rings. The first-order valence-corrected chi connectivity index (χ1v) is 6.63. The Labute approximate surface area is 123 Å². The topological polar surface area (TPSA) is 59.6 Å². The number of rotatable bonds is 6. The molecule has 0 heterocycles. The van der Waals surface area contributed by atoms with Crippen molar-refractivity contribution in [2.24, 2.45) is 0 Å². The van der Waals surface area contributed by atoms with Crippen molar-refractivity contribution in [1.29, 1.82) is 0 Å². The summed E-state index contributed by atoms with van der Waals surface area (Å²) < 4.78 is 10.4. The number of hydrogen-bond donors (Lipinski definition) is 2. The Morgan fingerprint density at radius 2 is 1.52 bits per heavy atom. The van der Waals surface area contributed by atoms with Gasteiger partial charge >= 0.3 is 6.03 Å². The van der Waals surface area contributed by atoms with Crippen LogP contribution in [0.1, 0.15) is 0 Å². The molecule has 0 unspecified atom stereocenters. The minimum atomic E-state index is -0.283. The lowest BCUT2D eigenvalue weighted by Gasteiger charge is -2.09. The molecule has 0 aromatic heterocycles. The van der Waals surface area contributed by atoms with Gasteiger partial charge in [-0.2, -0.15) is 0 Å². The number of carbonyl (C=O) groups is 1. The van der Waals surface area contributed by atoms with Crippen LogP contribution in [0.2, 0.25) is 0 Å². The highest BCUT2D eigenvalue weighted by atomic mass is 16.5. The van der Waals surface area contributed by atoms with Crippen LogP contribution in [0, 0.1) is 0 Å². The number of para-hydroxylation sites is 1. The molecule has 21 heavy (non-hydrogen) atoms. The van der Waals surface area contributed by atoms with Gasteiger partial charge in [0.1, 0.15) is 12.4 Å². The summed E-state index contributed by atoms with van der Waals surface area (Å²) in [5.74, 6) is 0.737. The second-order valence-electron chi connectivity index (χ2n) is 4.31. The third kappa shape index (κ3) is 5.16. The molecule has 0 bridgehead atoms. The standard InChI is InChI=1S/C16H18N2O3/c1-20-11-12-21-15-9-7-14(8-10-15)18-16(19)17-13-5-3-2-4-6-13/h2-10H,11-12H2,1H3,(H2,17,18,19). The van der Waals surface area contributed by atoms with E-state index in [1.165, 1.54) is 0 Å². The molecule has 2 N–H and O–H groups in total. The zero-order chi connectivity index (χ0) is 14.9. The average molecular weight is 286 g/mol. The van der Waals surface area contributed by atoms with Gasteiger partial charge in [0, 0.05) is 18.5 Å². The number of hydrogen-bond acceptors (Lipinski definition) is 3. The average Bonchev–Trinajstić information content (AvgIpc) is 2.50. The van der Waals surface area contributed by atoms with Crippen molar-refractivity contribution in [3.63, 3.8) is 0 Å². The number of amides is 2. The SMILES string of the molecule is COCCOc1ccc(NC(=O)Nc2ccccc2)cc1. The van der Waals surface area contributed by atoms with E-state index in [0.29, 0.717) is 18.9 Å². The molecule has 2 rings (SSSR count). The van der Waals surface area contributed by atoms with E-state index in [9.17, 15) is 4.79 Å². The van der Waals surface area contributed by atoms with Crippen molar-refractivity contribution >= 4 is 17.4 Å². The van der Waals surface area contributed by atoms with Crippen molar-refractivity contribution in [3.8, 4) is 5.75 Å². The van der Waals surface area contributed by atoms with Gasteiger partial charge < -0.3 is 20.1 Å². The fraction of sp³-hybridized carbons (Fsp3) is 0.188. The summed E-state index contributed by atoms with van der Waals surface area (Å²) in [5.41, 5.74) is 1.44. The van der Waals surface area contributed by atoms with Crippen LogP contribution in [0.4, 0.5) is 16.2 Å². The summed E-state index contributed by atoms with van der Waals surface area (Å²) in [6.07, 6.45) is 0. The number of benzene rings is 2. The van der Waals surface area contributed by atoms with Gasteiger partial charge in [0.2, 0.25) is 0 Å². The molecular formula is C16H18N2O3. The minimum Gasteiger partial charge on any atom is -0.491 e. The second-order valence-corrected chi connectivity index (χ2v) is 4.31. The molecule has 0 atom stereocenters. The van der Waals surface area contributed by atoms with Gasteiger partial charge in [-0.25, -0.2) is 4.79 Å². The molecule has 5 nitrogen and oxygen atoms in total. The molecule has 0 saturated heterocycles. The minimum absolute atomic E-state index is 0.283. The van der Waals surface area contributed by atoms with Gasteiger partial charge in [-0.05, 0) is 36.4 Å². The fourth-order valence-corrected chi connectivity index (χ4v) is 1.69. The van der Waals surface area contributed by atoms with Crippen molar-refractivity contribution in [1.82, 2.24) is 0 Å². The van der Waals surface area contributed by atoms with Crippen molar-refractivity contribution in [3.05, 3.63) is 54.6 Å². The number of ether oxygens (including phenoxy) is 2. The maximum atomic E-state index is 11.8. The molecule has 0 aliphatic carbocycles. The zero-order valence-electron chi connectivity index (χ0n) is 11.8. The van der Waals surface area contributed by atoms with E-state index >= 15 is 0 Å². The first kappa shape index (κ1) is 14.9. The number of anilines is 2. The Kier molecular flexibility index (Phi) is 5.60. The number of urea groups is 1. The maximum absolute atomic E-state index is 11.8. The summed E-state index contributed by atoms with van der Waals surface area (Å²) >= 11 is 0. The van der Waals surface area contributed by atoms with E-state index in [1.54, 1.807) is 31.4 Å². The molecule has 110 valence electrons. The molecule has 0 fully saturated rings. The van der Waals surface area contributed by atoms with Crippen molar-refractivity contribution in [2.75, 3.05) is 31.0 Å². The van der Waals surface area contributed by atoms with Crippen LogP contribution >= 0.6 is 0 Å². The van der Waals surface area contributed by atoms with Gasteiger partial charge in [0.15, 0.2) is 0 Å². The van der Waals surface area contributed by atoms with Crippen molar-refractivity contribution < 1.29 is 14.3 Å². The highest BCUT2D eigenvalue weighted by Gasteiger charge is 2.02.